The average molecular weight is 509 g/mol. The summed E-state index contributed by atoms with van der Waals surface area (Å²) in [6.07, 6.45) is 6.44. The number of nitrogens with zero attached hydrogens (tertiary/aromatic N) is 4. The first-order valence-electron chi connectivity index (χ1n) is 12.9. The number of carbonyl (C=O) groups excluding carboxylic acids is 2. The normalized spacial score (nSPS) is 15.3. The largest absolute Gasteiger partial charge is 0.382 e. The van der Waals surface area contributed by atoms with Crippen LogP contribution in [0.1, 0.15) is 66.0 Å². The Bertz CT molecular complexity index is 1550. The van der Waals surface area contributed by atoms with E-state index in [9.17, 15) is 9.59 Å². The Hall–Kier alpha value is -4.46. The van der Waals surface area contributed by atoms with Gasteiger partial charge in [-0.3, -0.25) is 14.0 Å². The van der Waals surface area contributed by atoms with E-state index in [4.69, 9.17) is 10.7 Å². The monoisotopic (exact) mass is 508 g/mol. The van der Waals surface area contributed by atoms with Crippen LogP contribution in [0.25, 0.3) is 16.8 Å². The number of imidazole rings is 1. The molecule has 1 atom stereocenters. The van der Waals surface area contributed by atoms with Crippen LogP contribution in [0.2, 0.25) is 0 Å². The number of rotatable bonds is 6. The van der Waals surface area contributed by atoms with Crippen molar-refractivity contribution < 1.29 is 9.59 Å². The third-order valence-corrected chi connectivity index (χ3v) is 7.17. The summed E-state index contributed by atoms with van der Waals surface area (Å²) in [6.45, 7) is 10.7. The Morgan fingerprint density at radius 1 is 1.21 bits per heavy atom. The maximum Gasteiger partial charge on any atom is 0.255 e. The van der Waals surface area contributed by atoms with Gasteiger partial charge in [0.25, 0.3) is 5.91 Å². The van der Waals surface area contributed by atoms with Crippen LogP contribution in [0.3, 0.4) is 0 Å². The lowest BCUT2D eigenvalue weighted by molar-refractivity contribution is -0.127. The predicted molar refractivity (Wildman–Crippen MR) is 150 cm³/mol. The van der Waals surface area contributed by atoms with Crippen LogP contribution >= 0.6 is 0 Å². The number of carbonyl (C=O) groups is 2. The summed E-state index contributed by atoms with van der Waals surface area (Å²) >= 11 is 0. The third kappa shape index (κ3) is 4.53. The molecule has 0 saturated carbocycles. The summed E-state index contributed by atoms with van der Waals surface area (Å²) in [4.78, 5) is 36.8. The number of benzene rings is 2. The molecule has 5 rings (SSSR count). The van der Waals surface area contributed by atoms with Crippen LogP contribution in [0.4, 0.5) is 11.5 Å². The molecule has 1 aliphatic rings. The van der Waals surface area contributed by atoms with E-state index in [1.807, 2.05) is 40.9 Å². The van der Waals surface area contributed by atoms with Crippen molar-refractivity contribution in [2.75, 3.05) is 17.6 Å². The molecule has 0 radical (unpaired) electrons. The molecular formula is C30H32N6O2. The molecule has 0 bridgehead atoms. The average Bonchev–Trinajstić information content (AvgIpc) is 3.54. The number of nitrogen functional groups attached to an aromatic ring is 1. The molecule has 3 heterocycles. The van der Waals surface area contributed by atoms with Gasteiger partial charge in [0.15, 0.2) is 0 Å². The molecule has 0 spiro atoms. The van der Waals surface area contributed by atoms with Gasteiger partial charge in [-0.2, -0.15) is 0 Å². The number of aromatic nitrogens is 3. The first-order chi connectivity index (χ1) is 18.3. The number of nitrogens with one attached hydrogen (secondary N) is 1. The molecule has 4 aromatic rings. The topological polar surface area (TPSA) is 106 Å². The highest BCUT2D eigenvalue weighted by atomic mass is 16.2. The zero-order valence-corrected chi connectivity index (χ0v) is 21.9. The Balaban J connectivity index is 1.51. The lowest BCUT2D eigenvalue weighted by Crippen LogP contribution is -2.29. The Kier molecular flexibility index (Phi) is 6.72. The summed E-state index contributed by atoms with van der Waals surface area (Å²) in [5, 5.41) is 3.01. The van der Waals surface area contributed by atoms with Crippen molar-refractivity contribution in [3.63, 3.8) is 0 Å². The summed E-state index contributed by atoms with van der Waals surface area (Å²) in [5.74, 6) is 1.13. The first-order valence-corrected chi connectivity index (χ1v) is 12.9. The van der Waals surface area contributed by atoms with Gasteiger partial charge in [0.05, 0.1) is 6.04 Å². The van der Waals surface area contributed by atoms with Crippen LogP contribution in [0, 0.1) is 6.92 Å². The SMILES string of the molecule is C=CC(=O)N1CCC[C@H]1c1nc(-c2cccc(C(=O)Nc3ccc(C(C)C)c(C)c3)c2)c2c(N)nccn12. The predicted octanol–water partition coefficient (Wildman–Crippen LogP) is 5.51. The van der Waals surface area contributed by atoms with Crippen LogP contribution in [0.15, 0.2) is 67.5 Å². The van der Waals surface area contributed by atoms with Crippen LogP contribution in [-0.2, 0) is 4.79 Å². The van der Waals surface area contributed by atoms with Crippen LogP contribution < -0.4 is 11.1 Å². The highest BCUT2D eigenvalue weighted by molar-refractivity contribution is 6.05. The van der Waals surface area contributed by atoms with E-state index in [1.165, 1.54) is 11.6 Å². The zero-order valence-electron chi connectivity index (χ0n) is 21.9. The minimum Gasteiger partial charge on any atom is -0.382 e. The molecule has 2 aromatic carbocycles. The summed E-state index contributed by atoms with van der Waals surface area (Å²) in [6, 6.07) is 13.1. The quantitative estimate of drug-likeness (QED) is 0.334. The Morgan fingerprint density at radius 3 is 2.76 bits per heavy atom. The second-order valence-electron chi connectivity index (χ2n) is 10.0. The molecule has 0 unspecified atom stereocenters. The van der Waals surface area contributed by atoms with E-state index < -0.39 is 0 Å². The lowest BCUT2D eigenvalue weighted by atomic mass is 9.97. The number of aryl methyl sites for hydroxylation is 1. The van der Waals surface area contributed by atoms with Crippen molar-refractivity contribution in [3.8, 4) is 11.3 Å². The maximum absolute atomic E-state index is 13.2. The number of nitrogens with two attached hydrogens (primary N) is 1. The van der Waals surface area contributed by atoms with Crippen LogP contribution in [-0.4, -0.2) is 37.6 Å². The second kappa shape index (κ2) is 10.1. The van der Waals surface area contributed by atoms with E-state index in [1.54, 1.807) is 17.2 Å². The third-order valence-electron chi connectivity index (χ3n) is 7.17. The van der Waals surface area contributed by atoms with Gasteiger partial charge in [-0.05, 0) is 67.2 Å². The number of amides is 2. The van der Waals surface area contributed by atoms with Gasteiger partial charge in [0.1, 0.15) is 22.9 Å². The van der Waals surface area contributed by atoms with Crippen molar-refractivity contribution >= 4 is 28.8 Å². The molecule has 194 valence electrons. The van der Waals surface area contributed by atoms with E-state index in [-0.39, 0.29) is 17.9 Å². The number of hydrogen-bond acceptors (Lipinski definition) is 5. The fourth-order valence-electron chi connectivity index (χ4n) is 5.35. The van der Waals surface area contributed by atoms with E-state index in [0.717, 1.165) is 29.7 Å². The van der Waals surface area contributed by atoms with Crippen molar-refractivity contribution in [1.82, 2.24) is 19.3 Å². The van der Waals surface area contributed by atoms with Crippen molar-refractivity contribution in [2.24, 2.45) is 0 Å². The molecule has 8 heteroatoms. The van der Waals surface area contributed by atoms with E-state index in [0.29, 0.717) is 40.9 Å². The molecule has 1 fully saturated rings. The molecule has 8 nitrogen and oxygen atoms in total. The maximum atomic E-state index is 13.2. The molecule has 0 aliphatic carbocycles. The number of likely N-dealkylation sites (tertiary alicyclic amines) is 1. The first kappa shape index (κ1) is 25.2. The molecule has 2 aromatic heterocycles. The number of hydrogen-bond donors (Lipinski definition) is 2. The zero-order chi connectivity index (χ0) is 27.0. The van der Waals surface area contributed by atoms with Gasteiger partial charge in [-0.25, -0.2) is 9.97 Å². The van der Waals surface area contributed by atoms with Gasteiger partial charge < -0.3 is 16.0 Å². The standard InChI is InChI=1S/C30H32N6O2/c1-5-25(37)35-14-7-10-24(35)29-34-26(27-28(31)32-13-15-36(27)29)20-8-6-9-21(17-20)30(38)33-22-11-12-23(18(2)3)19(4)16-22/h5-6,8-9,11-13,15-18,24H,1,7,10,14H2,2-4H3,(H2,31,32)(H,33,38)/t24-/m0/s1. The molecule has 1 saturated heterocycles. The molecule has 3 N–H and O–H groups in total. The summed E-state index contributed by atoms with van der Waals surface area (Å²) in [7, 11) is 0. The fourth-order valence-corrected chi connectivity index (χ4v) is 5.35. The van der Waals surface area contributed by atoms with Crippen LogP contribution in [0.5, 0.6) is 0 Å². The Morgan fingerprint density at radius 2 is 2.03 bits per heavy atom. The van der Waals surface area contributed by atoms with Gasteiger partial charge in [0, 0.05) is 35.8 Å². The van der Waals surface area contributed by atoms with Crippen molar-refractivity contribution in [3.05, 3.63) is 90.0 Å². The molecule has 1 aliphatic heterocycles. The van der Waals surface area contributed by atoms with E-state index >= 15 is 0 Å². The van der Waals surface area contributed by atoms with Gasteiger partial charge in [0.2, 0.25) is 5.91 Å². The highest BCUT2D eigenvalue weighted by Crippen LogP contribution is 2.36. The van der Waals surface area contributed by atoms with Gasteiger partial charge in [-0.15, -0.1) is 0 Å². The minimum absolute atomic E-state index is 0.122. The Labute approximate surface area is 222 Å². The minimum atomic E-state index is -0.211. The second-order valence-corrected chi connectivity index (χ2v) is 10.0. The molecular weight excluding hydrogens is 476 g/mol. The highest BCUT2D eigenvalue weighted by Gasteiger charge is 2.33. The number of anilines is 2. The molecule has 38 heavy (non-hydrogen) atoms. The lowest BCUT2D eigenvalue weighted by Gasteiger charge is -2.22. The fraction of sp³-hybridized carbons (Fsp3) is 0.267. The summed E-state index contributed by atoms with van der Waals surface area (Å²) in [5.41, 5.74) is 12.0. The van der Waals surface area contributed by atoms with Gasteiger partial charge in [-0.1, -0.05) is 38.6 Å². The van der Waals surface area contributed by atoms with Crippen molar-refractivity contribution in [1.29, 1.82) is 0 Å². The van der Waals surface area contributed by atoms with E-state index in [2.05, 4.69) is 43.7 Å². The van der Waals surface area contributed by atoms with Gasteiger partial charge >= 0.3 is 0 Å². The molecule has 2 amide bonds. The number of fused-ring (bicyclic) bond motifs is 1. The summed E-state index contributed by atoms with van der Waals surface area (Å²) < 4.78 is 1.91. The smallest absolute Gasteiger partial charge is 0.255 e. The van der Waals surface area contributed by atoms with Crippen molar-refractivity contribution in [2.45, 2.75) is 45.6 Å².